The molecule has 0 radical (unpaired) electrons. The zero-order valence-electron chi connectivity index (χ0n) is 10.9. The van der Waals surface area contributed by atoms with Gasteiger partial charge in [0, 0.05) is 18.2 Å². The van der Waals surface area contributed by atoms with Crippen molar-refractivity contribution in [2.75, 3.05) is 4.90 Å². The van der Waals surface area contributed by atoms with Gasteiger partial charge in [-0.2, -0.15) is 0 Å². The molecule has 1 aromatic rings. The Kier molecular flexibility index (Phi) is 2.74. The lowest BCUT2D eigenvalue weighted by atomic mass is 9.96. The largest absolute Gasteiger partial charge is 0.325 e. The van der Waals surface area contributed by atoms with Crippen molar-refractivity contribution >= 4 is 11.6 Å². The Bertz CT molecular complexity index is 445. The molecule has 0 aliphatic carbocycles. The van der Waals surface area contributed by atoms with E-state index in [1.807, 2.05) is 44.7 Å². The molecule has 1 aliphatic heterocycles. The van der Waals surface area contributed by atoms with Gasteiger partial charge in [0.1, 0.15) is 0 Å². The van der Waals surface area contributed by atoms with Gasteiger partial charge in [-0.05, 0) is 51.0 Å². The maximum absolute atomic E-state index is 12.1. The second-order valence-corrected chi connectivity index (χ2v) is 5.54. The van der Waals surface area contributed by atoms with Crippen LogP contribution in [0.5, 0.6) is 0 Å². The number of carbonyl (C=O) groups is 1. The summed E-state index contributed by atoms with van der Waals surface area (Å²) in [6, 6.07) is 6.10. The van der Waals surface area contributed by atoms with E-state index in [9.17, 15) is 4.79 Å². The summed E-state index contributed by atoms with van der Waals surface area (Å²) in [5.41, 5.74) is 9.04. The van der Waals surface area contributed by atoms with Crippen LogP contribution in [0.1, 0.15) is 31.4 Å². The molecule has 0 spiro atoms. The standard InChI is InChI=1S/C14H20N2O/c1-9-5-10(2)7-11(6-9)16-13(17)8-12(15)14(16,3)4/h5-7,12H,8,15H2,1-4H3. The number of anilines is 1. The van der Waals surface area contributed by atoms with Gasteiger partial charge >= 0.3 is 0 Å². The molecule has 1 atom stereocenters. The summed E-state index contributed by atoms with van der Waals surface area (Å²) in [7, 11) is 0. The van der Waals surface area contributed by atoms with Crippen molar-refractivity contribution in [2.24, 2.45) is 5.73 Å². The van der Waals surface area contributed by atoms with Gasteiger partial charge in [-0.25, -0.2) is 0 Å². The van der Waals surface area contributed by atoms with Crippen molar-refractivity contribution in [3.8, 4) is 0 Å². The Morgan fingerprint density at radius 3 is 2.18 bits per heavy atom. The predicted octanol–water partition coefficient (Wildman–Crippen LogP) is 2.15. The van der Waals surface area contributed by atoms with Gasteiger partial charge in [-0.1, -0.05) is 6.07 Å². The minimum Gasteiger partial charge on any atom is -0.325 e. The van der Waals surface area contributed by atoms with Gasteiger partial charge in [0.25, 0.3) is 0 Å². The van der Waals surface area contributed by atoms with Crippen LogP contribution in [0.2, 0.25) is 0 Å². The molecule has 1 saturated heterocycles. The van der Waals surface area contributed by atoms with Crippen LogP contribution in [-0.2, 0) is 4.79 Å². The molecule has 1 aliphatic rings. The van der Waals surface area contributed by atoms with E-state index in [0.717, 1.165) is 5.69 Å². The normalized spacial score (nSPS) is 23.2. The lowest BCUT2D eigenvalue weighted by Gasteiger charge is -2.34. The van der Waals surface area contributed by atoms with Crippen molar-refractivity contribution in [1.82, 2.24) is 0 Å². The average Bonchev–Trinajstić information content (AvgIpc) is 2.33. The number of nitrogens with zero attached hydrogens (tertiary/aromatic N) is 1. The highest BCUT2D eigenvalue weighted by atomic mass is 16.2. The van der Waals surface area contributed by atoms with Crippen molar-refractivity contribution in [3.63, 3.8) is 0 Å². The number of hydrogen-bond donors (Lipinski definition) is 1. The molecule has 2 N–H and O–H groups in total. The summed E-state index contributed by atoms with van der Waals surface area (Å²) >= 11 is 0. The van der Waals surface area contributed by atoms with Gasteiger partial charge in [-0.15, -0.1) is 0 Å². The minimum absolute atomic E-state index is 0.101. The molecule has 1 amide bonds. The first kappa shape index (κ1) is 12.1. The van der Waals surface area contributed by atoms with Crippen LogP contribution in [0.25, 0.3) is 0 Å². The predicted molar refractivity (Wildman–Crippen MR) is 70.1 cm³/mol. The smallest absolute Gasteiger partial charge is 0.229 e. The lowest BCUT2D eigenvalue weighted by molar-refractivity contribution is -0.117. The Hall–Kier alpha value is -1.35. The average molecular weight is 232 g/mol. The van der Waals surface area contributed by atoms with Crippen molar-refractivity contribution in [3.05, 3.63) is 29.3 Å². The molecule has 1 aromatic carbocycles. The van der Waals surface area contributed by atoms with E-state index in [1.54, 1.807) is 0 Å². The number of nitrogens with two attached hydrogens (primary N) is 1. The molecular formula is C14H20N2O. The number of aryl methyl sites for hydroxylation is 2. The molecule has 92 valence electrons. The molecule has 0 bridgehead atoms. The van der Waals surface area contributed by atoms with Crippen LogP contribution < -0.4 is 10.6 Å². The number of hydrogen-bond acceptors (Lipinski definition) is 2. The fourth-order valence-corrected chi connectivity index (χ4v) is 2.57. The number of benzene rings is 1. The van der Waals surface area contributed by atoms with Gasteiger partial charge in [-0.3, -0.25) is 4.79 Å². The lowest BCUT2D eigenvalue weighted by Crippen LogP contribution is -2.49. The molecule has 1 fully saturated rings. The zero-order chi connectivity index (χ0) is 12.8. The Morgan fingerprint density at radius 2 is 1.76 bits per heavy atom. The highest BCUT2D eigenvalue weighted by molar-refractivity contribution is 5.98. The highest BCUT2D eigenvalue weighted by Gasteiger charge is 2.45. The summed E-state index contributed by atoms with van der Waals surface area (Å²) in [5, 5.41) is 0. The molecule has 0 aromatic heterocycles. The van der Waals surface area contributed by atoms with Crippen LogP contribution in [-0.4, -0.2) is 17.5 Å². The number of amides is 1. The summed E-state index contributed by atoms with van der Waals surface area (Å²) < 4.78 is 0. The minimum atomic E-state index is -0.308. The van der Waals surface area contributed by atoms with E-state index in [2.05, 4.69) is 6.07 Å². The molecule has 2 rings (SSSR count). The van der Waals surface area contributed by atoms with Crippen molar-refractivity contribution in [2.45, 2.75) is 45.7 Å². The van der Waals surface area contributed by atoms with E-state index in [0.29, 0.717) is 6.42 Å². The third-order valence-corrected chi connectivity index (χ3v) is 3.59. The quantitative estimate of drug-likeness (QED) is 0.806. The van der Waals surface area contributed by atoms with Gasteiger partial charge in [0.2, 0.25) is 5.91 Å². The van der Waals surface area contributed by atoms with E-state index < -0.39 is 0 Å². The SMILES string of the molecule is Cc1cc(C)cc(N2C(=O)CC(N)C2(C)C)c1. The second-order valence-electron chi connectivity index (χ2n) is 5.54. The fraction of sp³-hybridized carbons (Fsp3) is 0.500. The molecule has 3 nitrogen and oxygen atoms in total. The molecule has 3 heteroatoms. The van der Waals surface area contributed by atoms with Crippen molar-refractivity contribution < 1.29 is 4.79 Å². The van der Waals surface area contributed by atoms with E-state index in [-0.39, 0.29) is 17.5 Å². The molecule has 17 heavy (non-hydrogen) atoms. The van der Waals surface area contributed by atoms with Crippen LogP contribution in [0.4, 0.5) is 5.69 Å². The first-order valence-electron chi connectivity index (χ1n) is 5.99. The topological polar surface area (TPSA) is 46.3 Å². The molecule has 1 heterocycles. The number of rotatable bonds is 1. The Labute approximate surface area is 103 Å². The highest BCUT2D eigenvalue weighted by Crippen LogP contribution is 2.34. The first-order valence-corrected chi connectivity index (χ1v) is 5.99. The second kappa shape index (κ2) is 3.84. The first-order chi connectivity index (χ1) is 7.82. The zero-order valence-corrected chi connectivity index (χ0v) is 10.9. The summed E-state index contributed by atoms with van der Waals surface area (Å²) in [6.45, 7) is 8.15. The van der Waals surface area contributed by atoms with Crippen LogP contribution >= 0.6 is 0 Å². The molecule has 0 saturated carbocycles. The maximum Gasteiger partial charge on any atom is 0.229 e. The van der Waals surface area contributed by atoms with Gasteiger partial charge in [0.15, 0.2) is 0 Å². The monoisotopic (exact) mass is 232 g/mol. The summed E-state index contributed by atoms with van der Waals surface area (Å²) in [5.74, 6) is 0.118. The Morgan fingerprint density at radius 1 is 1.24 bits per heavy atom. The number of carbonyl (C=O) groups excluding carboxylic acids is 1. The van der Waals surface area contributed by atoms with E-state index in [4.69, 9.17) is 5.73 Å². The van der Waals surface area contributed by atoms with Crippen LogP contribution in [0.15, 0.2) is 18.2 Å². The summed E-state index contributed by atoms with van der Waals surface area (Å²) in [6.07, 6.45) is 0.431. The Balaban J connectivity index is 2.49. The summed E-state index contributed by atoms with van der Waals surface area (Å²) in [4.78, 5) is 13.9. The third kappa shape index (κ3) is 1.95. The van der Waals surface area contributed by atoms with E-state index in [1.165, 1.54) is 11.1 Å². The molecular weight excluding hydrogens is 212 g/mol. The van der Waals surface area contributed by atoms with Gasteiger partial charge < -0.3 is 10.6 Å². The third-order valence-electron chi connectivity index (χ3n) is 3.59. The molecule has 1 unspecified atom stereocenters. The van der Waals surface area contributed by atoms with E-state index >= 15 is 0 Å². The van der Waals surface area contributed by atoms with Crippen LogP contribution in [0, 0.1) is 13.8 Å². The van der Waals surface area contributed by atoms with Gasteiger partial charge in [0.05, 0.1) is 5.54 Å². The van der Waals surface area contributed by atoms with Crippen LogP contribution in [0.3, 0.4) is 0 Å². The van der Waals surface area contributed by atoms with Crippen molar-refractivity contribution in [1.29, 1.82) is 0 Å². The maximum atomic E-state index is 12.1. The fourth-order valence-electron chi connectivity index (χ4n) is 2.57.